The van der Waals surface area contributed by atoms with Crippen LogP contribution in [0.3, 0.4) is 0 Å². The monoisotopic (exact) mass is 271 g/mol. The Bertz CT molecular complexity index is 480. The second-order valence-electron chi connectivity index (χ2n) is 3.37. The number of halogens is 2. The number of hydrogen-bond acceptors (Lipinski definition) is 1. The first-order valence-corrected chi connectivity index (χ1v) is 8.30. The molecular formula is C12H10Cl2OP+. The van der Waals surface area contributed by atoms with E-state index in [0.717, 1.165) is 11.1 Å². The Balaban J connectivity index is 2.58. The Hall–Kier alpha value is -0.590. The molecule has 2 rings (SSSR count). The third-order valence-corrected chi connectivity index (χ3v) is 4.34. The third-order valence-electron chi connectivity index (χ3n) is 2.28. The molecule has 1 nitrogen and oxygen atoms in total. The average molecular weight is 272 g/mol. The lowest BCUT2D eigenvalue weighted by Crippen LogP contribution is -2.05. The van der Waals surface area contributed by atoms with Crippen LogP contribution in [0.2, 0.25) is 0 Å². The molecule has 82 valence electrons. The minimum Gasteiger partial charge on any atom is -0.210 e. The van der Waals surface area contributed by atoms with Crippen molar-refractivity contribution in [1.82, 2.24) is 0 Å². The molecule has 4 heteroatoms. The summed E-state index contributed by atoms with van der Waals surface area (Å²) < 4.78 is 0. The topological polar surface area (TPSA) is 20.2 Å². The van der Waals surface area contributed by atoms with Gasteiger partial charge in [-0.3, -0.25) is 0 Å². The lowest BCUT2D eigenvalue weighted by molar-refractivity contribution is 0.644. The SMILES string of the molecule is O[P+](Cl)(Cl)c1ccccc1-c1ccccc1. The van der Waals surface area contributed by atoms with Crippen LogP contribution in [-0.4, -0.2) is 4.89 Å². The Morgan fingerprint density at radius 3 is 2.00 bits per heavy atom. The molecular weight excluding hydrogens is 262 g/mol. The summed E-state index contributed by atoms with van der Waals surface area (Å²) in [5.41, 5.74) is 1.88. The summed E-state index contributed by atoms with van der Waals surface area (Å²) in [6.07, 6.45) is -3.03. The van der Waals surface area contributed by atoms with Gasteiger partial charge in [0, 0.05) is 5.56 Å². The predicted octanol–water partition coefficient (Wildman–Crippen LogP) is 4.21. The van der Waals surface area contributed by atoms with Gasteiger partial charge in [0.1, 0.15) is 22.5 Å². The smallest absolute Gasteiger partial charge is 0.210 e. The molecule has 2 aromatic rings. The molecule has 0 saturated carbocycles. The molecule has 0 bridgehead atoms. The van der Waals surface area contributed by atoms with Crippen LogP contribution >= 0.6 is 28.7 Å². The molecule has 0 atom stereocenters. The first kappa shape index (κ1) is 11.9. The van der Waals surface area contributed by atoms with Crippen LogP contribution in [0.5, 0.6) is 0 Å². The van der Waals surface area contributed by atoms with E-state index in [0.29, 0.717) is 5.30 Å². The highest BCUT2D eigenvalue weighted by Gasteiger charge is 2.38. The van der Waals surface area contributed by atoms with Gasteiger partial charge in [-0.05, 0) is 11.6 Å². The van der Waals surface area contributed by atoms with Crippen LogP contribution in [-0.2, 0) is 0 Å². The Morgan fingerprint density at radius 1 is 0.812 bits per heavy atom. The zero-order valence-corrected chi connectivity index (χ0v) is 10.8. The van der Waals surface area contributed by atoms with Crippen LogP contribution < -0.4 is 5.30 Å². The van der Waals surface area contributed by atoms with E-state index in [1.165, 1.54) is 0 Å². The van der Waals surface area contributed by atoms with E-state index in [1.54, 1.807) is 6.07 Å². The summed E-state index contributed by atoms with van der Waals surface area (Å²) in [6, 6.07) is 17.1. The molecule has 0 radical (unpaired) electrons. The van der Waals surface area contributed by atoms with Crippen molar-refractivity contribution in [3.8, 4) is 11.1 Å². The van der Waals surface area contributed by atoms with Crippen molar-refractivity contribution in [2.24, 2.45) is 0 Å². The maximum Gasteiger partial charge on any atom is 0.369 e. The first-order chi connectivity index (χ1) is 7.59. The van der Waals surface area contributed by atoms with Crippen LogP contribution in [0.4, 0.5) is 0 Å². The van der Waals surface area contributed by atoms with E-state index in [-0.39, 0.29) is 0 Å². The Kier molecular flexibility index (Phi) is 3.51. The molecule has 0 aromatic heterocycles. The molecule has 2 aromatic carbocycles. The molecule has 0 heterocycles. The fourth-order valence-corrected chi connectivity index (χ4v) is 3.21. The highest BCUT2D eigenvalue weighted by atomic mass is 35.9. The molecule has 1 N–H and O–H groups in total. The normalized spacial score (nSPS) is 11.4. The van der Waals surface area contributed by atoms with Crippen molar-refractivity contribution in [1.29, 1.82) is 0 Å². The van der Waals surface area contributed by atoms with Crippen molar-refractivity contribution < 1.29 is 4.89 Å². The minimum atomic E-state index is -3.03. The maximum atomic E-state index is 9.77. The minimum absolute atomic E-state index is 0.601. The lowest BCUT2D eigenvalue weighted by Gasteiger charge is -2.08. The van der Waals surface area contributed by atoms with E-state index in [1.807, 2.05) is 48.5 Å². The van der Waals surface area contributed by atoms with Crippen molar-refractivity contribution >= 4 is 34.0 Å². The van der Waals surface area contributed by atoms with Crippen molar-refractivity contribution in [2.45, 2.75) is 0 Å². The molecule has 0 spiro atoms. The summed E-state index contributed by atoms with van der Waals surface area (Å²) in [6.45, 7) is 0. The number of rotatable bonds is 2. The highest BCUT2D eigenvalue weighted by molar-refractivity contribution is 8.18. The van der Waals surface area contributed by atoms with Gasteiger partial charge in [0.2, 0.25) is 0 Å². The van der Waals surface area contributed by atoms with Crippen LogP contribution in [0.15, 0.2) is 54.6 Å². The van der Waals surface area contributed by atoms with Crippen LogP contribution in [0.1, 0.15) is 0 Å². The molecule has 0 fully saturated rings. The quantitative estimate of drug-likeness (QED) is 0.812. The molecule has 0 aliphatic rings. The van der Waals surface area contributed by atoms with Crippen LogP contribution in [0.25, 0.3) is 11.1 Å². The van der Waals surface area contributed by atoms with Gasteiger partial charge >= 0.3 is 6.19 Å². The maximum absolute atomic E-state index is 9.77. The molecule has 0 saturated heterocycles. The van der Waals surface area contributed by atoms with Gasteiger partial charge in [-0.1, -0.05) is 48.5 Å². The highest BCUT2D eigenvalue weighted by Crippen LogP contribution is 2.65. The fourth-order valence-electron chi connectivity index (χ4n) is 1.57. The predicted molar refractivity (Wildman–Crippen MR) is 72.4 cm³/mol. The summed E-state index contributed by atoms with van der Waals surface area (Å²) >= 11 is 11.7. The van der Waals surface area contributed by atoms with E-state index in [2.05, 4.69) is 0 Å². The summed E-state index contributed by atoms with van der Waals surface area (Å²) in [7, 11) is 0. The summed E-state index contributed by atoms with van der Waals surface area (Å²) in [4.78, 5) is 9.77. The second-order valence-corrected chi connectivity index (χ2v) is 8.27. The number of benzene rings is 2. The van der Waals surface area contributed by atoms with Gasteiger partial charge < -0.3 is 0 Å². The Morgan fingerprint density at radius 2 is 1.38 bits per heavy atom. The molecule has 0 unspecified atom stereocenters. The van der Waals surface area contributed by atoms with E-state index in [9.17, 15) is 4.89 Å². The molecule has 0 aliphatic heterocycles. The van der Waals surface area contributed by atoms with Gasteiger partial charge in [-0.15, -0.1) is 0 Å². The van der Waals surface area contributed by atoms with Crippen molar-refractivity contribution in [2.75, 3.05) is 0 Å². The second kappa shape index (κ2) is 4.73. The zero-order valence-electron chi connectivity index (χ0n) is 8.35. The molecule has 0 amide bonds. The zero-order chi connectivity index (χ0) is 11.6. The van der Waals surface area contributed by atoms with E-state index < -0.39 is 6.19 Å². The van der Waals surface area contributed by atoms with E-state index >= 15 is 0 Å². The van der Waals surface area contributed by atoms with Crippen LogP contribution in [0, 0.1) is 0 Å². The molecule has 16 heavy (non-hydrogen) atoms. The van der Waals surface area contributed by atoms with Gasteiger partial charge in [0.05, 0.1) is 0 Å². The van der Waals surface area contributed by atoms with Gasteiger partial charge in [0.15, 0.2) is 5.30 Å². The van der Waals surface area contributed by atoms with Gasteiger partial charge in [-0.2, -0.15) is 0 Å². The lowest BCUT2D eigenvalue weighted by atomic mass is 10.1. The Labute approximate surface area is 105 Å². The summed E-state index contributed by atoms with van der Waals surface area (Å²) in [5.74, 6) is 0. The standard InChI is InChI=1S/C12H10Cl2OP/c13-16(14,15)12-9-5-4-8-11(12)10-6-2-1-3-7-10/h1-9,15H/q+1. The summed E-state index contributed by atoms with van der Waals surface area (Å²) in [5, 5.41) is 0.601. The number of hydrogen-bond donors (Lipinski definition) is 1. The third kappa shape index (κ3) is 2.56. The molecule has 0 aliphatic carbocycles. The first-order valence-electron chi connectivity index (χ1n) is 4.75. The fraction of sp³-hybridized carbons (Fsp3) is 0. The van der Waals surface area contributed by atoms with Gasteiger partial charge in [-0.25, -0.2) is 4.89 Å². The van der Waals surface area contributed by atoms with Gasteiger partial charge in [0.25, 0.3) is 0 Å². The van der Waals surface area contributed by atoms with Crippen molar-refractivity contribution in [3.63, 3.8) is 0 Å². The van der Waals surface area contributed by atoms with Crippen molar-refractivity contribution in [3.05, 3.63) is 54.6 Å². The average Bonchev–Trinajstić information content (AvgIpc) is 2.29. The largest absolute Gasteiger partial charge is 0.369 e. The van der Waals surface area contributed by atoms with E-state index in [4.69, 9.17) is 22.5 Å².